The van der Waals surface area contributed by atoms with Crippen LogP contribution in [0.15, 0.2) is 59.3 Å². The van der Waals surface area contributed by atoms with Crippen molar-refractivity contribution < 1.29 is 19.3 Å². The molecule has 0 amide bonds. The van der Waals surface area contributed by atoms with Gasteiger partial charge in [0.05, 0.1) is 18.2 Å². The third-order valence-corrected chi connectivity index (χ3v) is 8.97. The zero-order chi connectivity index (χ0) is 28.9. The van der Waals surface area contributed by atoms with Crippen molar-refractivity contribution in [1.82, 2.24) is 25.0 Å². The SMILES string of the molecule is CC1(C)OB(O)c2ccc(Nc3ncc(-c4nc(C56CCN(CC5)CC6)no4)c(N[C@H](CO)c4ccccc4)n3)cc21. The Hall–Kier alpha value is -3.84. The lowest BCUT2D eigenvalue weighted by molar-refractivity contribution is 0.0747. The maximum absolute atomic E-state index is 10.3. The average molecular weight is 567 g/mol. The normalized spacial score (nSPS) is 23.0. The molecule has 3 fully saturated rings. The summed E-state index contributed by atoms with van der Waals surface area (Å²) in [6.45, 7) is 6.87. The molecule has 12 heteroatoms. The van der Waals surface area contributed by atoms with Gasteiger partial charge in [-0.25, -0.2) is 4.98 Å². The molecule has 0 unspecified atom stereocenters. The molecule has 4 aliphatic heterocycles. The molecular weight excluding hydrogens is 533 g/mol. The number of aliphatic hydroxyl groups is 1. The summed E-state index contributed by atoms with van der Waals surface area (Å²) >= 11 is 0. The van der Waals surface area contributed by atoms with Crippen LogP contribution >= 0.6 is 0 Å². The molecule has 2 aromatic heterocycles. The second-order valence-electron chi connectivity index (χ2n) is 11.9. The molecule has 2 bridgehead atoms. The number of anilines is 3. The van der Waals surface area contributed by atoms with E-state index < -0.39 is 18.8 Å². The first kappa shape index (κ1) is 27.0. The first-order valence-electron chi connectivity index (χ1n) is 14.5. The molecule has 42 heavy (non-hydrogen) atoms. The lowest BCUT2D eigenvalue weighted by Crippen LogP contribution is -2.51. The second-order valence-corrected chi connectivity index (χ2v) is 11.9. The van der Waals surface area contributed by atoms with Gasteiger partial charge in [-0.3, -0.25) is 0 Å². The summed E-state index contributed by atoms with van der Waals surface area (Å²) in [7, 11) is -0.955. The van der Waals surface area contributed by atoms with Gasteiger partial charge in [-0.15, -0.1) is 0 Å². The predicted octanol–water partition coefficient (Wildman–Crippen LogP) is 3.11. The summed E-state index contributed by atoms with van der Waals surface area (Å²) in [5, 5.41) is 31.7. The van der Waals surface area contributed by atoms with Gasteiger partial charge in [0.25, 0.3) is 5.89 Å². The van der Waals surface area contributed by atoms with Gasteiger partial charge in [0.15, 0.2) is 5.82 Å². The Morgan fingerprint density at radius 3 is 2.55 bits per heavy atom. The van der Waals surface area contributed by atoms with E-state index in [1.807, 2.05) is 62.4 Å². The monoisotopic (exact) mass is 567 g/mol. The van der Waals surface area contributed by atoms with Gasteiger partial charge in [0.1, 0.15) is 11.4 Å². The first-order valence-corrected chi connectivity index (χ1v) is 14.5. The number of hydrogen-bond donors (Lipinski definition) is 4. The molecule has 4 aromatic rings. The van der Waals surface area contributed by atoms with Crippen LogP contribution in [0, 0.1) is 0 Å². The third kappa shape index (κ3) is 4.84. The molecular formula is C30H34BN7O4. The molecule has 4 aliphatic rings. The smallest absolute Gasteiger partial charge is 0.423 e. The minimum Gasteiger partial charge on any atom is -0.423 e. The molecule has 0 spiro atoms. The van der Waals surface area contributed by atoms with E-state index in [0.717, 1.165) is 67.0 Å². The maximum Gasteiger partial charge on any atom is 0.492 e. The van der Waals surface area contributed by atoms with E-state index in [4.69, 9.17) is 19.1 Å². The lowest BCUT2D eigenvalue weighted by Gasteiger charge is -2.46. The number of piperidine rings is 3. The van der Waals surface area contributed by atoms with E-state index in [0.29, 0.717) is 23.2 Å². The highest BCUT2D eigenvalue weighted by atomic mass is 16.5. The predicted molar refractivity (Wildman–Crippen MR) is 159 cm³/mol. The maximum atomic E-state index is 10.3. The van der Waals surface area contributed by atoms with Crippen molar-refractivity contribution in [3.63, 3.8) is 0 Å². The van der Waals surface area contributed by atoms with E-state index in [1.165, 1.54) is 0 Å². The number of aliphatic hydroxyl groups excluding tert-OH is 1. The molecule has 4 N–H and O–H groups in total. The minimum absolute atomic E-state index is 0.0528. The fourth-order valence-corrected chi connectivity index (χ4v) is 6.41. The van der Waals surface area contributed by atoms with Crippen LogP contribution in [0.25, 0.3) is 11.5 Å². The summed E-state index contributed by atoms with van der Waals surface area (Å²) in [6, 6.07) is 14.9. The number of aromatic nitrogens is 4. The van der Waals surface area contributed by atoms with Crippen LogP contribution < -0.4 is 16.1 Å². The van der Waals surface area contributed by atoms with Crippen LogP contribution in [-0.4, -0.2) is 68.5 Å². The van der Waals surface area contributed by atoms with Crippen LogP contribution in [0.1, 0.15) is 56.1 Å². The van der Waals surface area contributed by atoms with Gasteiger partial charge in [-0.05, 0) is 81.5 Å². The average Bonchev–Trinajstić information content (AvgIpc) is 3.60. The third-order valence-electron chi connectivity index (χ3n) is 8.97. The topological polar surface area (TPSA) is 142 Å². The molecule has 11 nitrogen and oxygen atoms in total. The fourth-order valence-electron chi connectivity index (χ4n) is 6.41. The minimum atomic E-state index is -0.955. The molecule has 0 radical (unpaired) electrons. The Morgan fingerprint density at radius 2 is 1.81 bits per heavy atom. The quantitative estimate of drug-likeness (QED) is 0.233. The van der Waals surface area contributed by atoms with Gasteiger partial charge >= 0.3 is 7.12 Å². The summed E-state index contributed by atoms with van der Waals surface area (Å²) in [5.74, 6) is 1.90. The van der Waals surface area contributed by atoms with Gasteiger partial charge in [-0.2, -0.15) is 9.97 Å². The highest BCUT2D eigenvalue weighted by Crippen LogP contribution is 2.42. The highest BCUT2D eigenvalue weighted by molar-refractivity contribution is 6.62. The Labute approximate surface area is 244 Å². The van der Waals surface area contributed by atoms with Crippen molar-refractivity contribution in [3.05, 3.63) is 71.7 Å². The van der Waals surface area contributed by atoms with Gasteiger partial charge in [0, 0.05) is 17.3 Å². The lowest BCUT2D eigenvalue weighted by atomic mass is 9.71. The zero-order valence-electron chi connectivity index (χ0n) is 23.7. The Bertz CT molecular complexity index is 1580. The van der Waals surface area contributed by atoms with E-state index in [1.54, 1.807) is 6.20 Å². The van der Waals surface area contributed by atoms with Gasteiger partial charge < -0.3 is 34.8 Å². The highest BCUT2D eigenvalue weighted by Gasteiger charge is 2.44. The van der Waals surface area contributed by atoms with Crippen molar-refractivity contribution in [3.8, 4) is 11.5 Å². The largest absolute Gasteiger partial charge is 0.492 e. The summed E-state index contributed by atoms with van der Waals surface area (Å²) in [5.41, 5.74) is 3.19. The zero-order valence-corrected chi connectivity index (χ0v) is 23.7. The van der Waals surface area contributed by atoms with Crippen molar-refractivity contribution in [2.24, 2.45) is 0 Å². The van der Waals surface area contributed by atoms with Crippen molar-refractivity contribution in [2.75, 3.05) is 36.9 Å². The van der Waals surface area contributed by atoms with Crippen molar-refractivity contribution in [1.29, 1.82) is 0 Å². The number of hydrogen-bond acceptors (Lipinski definition) is 11. The molecule has 216 valence electrons. The molecule has 8 rings (SSSR count). The summed E-state index contributed by atoms with van der Waals surface area (Å²) in [6.07, 6.45) is 4.74. The van der Waals surface area contributed by atoms with Crippen LogP contribution in [0.4, 0.5) is 17.5 Å². The number of rotatable bonds is 8. The van der Waals surface area contributed by atoms with Crippen LogP contribution in [-0.2, 0) is 15.7 Å². The number of benzene rings is 2. The Kier molecular flexibility index (Phi) is 6.73. The van der Waals surface area contributed by atoms with Gasteiger partial charge in [-0.1, -0.05) is 41.6 Å². The second kappa shape index (κ2) is 10.5. The molecule has 1 atom stereocenters. The summed E-state index contributed by atoms with van der Waals surface area (Å²) in [4.78, 5) is 16.8. The molecule has 2 aromatic carbocycles. The number of nitrogens with zero attached hydrogens (tertiary/aromatic N) is 5. The van der Waals surface area contributed by atoms with E-state index >= 15 is 0 Å². The molecule has 3 saturated heterocycles. The Morgan fingerprint density at radius 1 is 1.05 bits per heavy atom. The molecule has 0 aliphatic carbocycles. The van der Waals surface area contributed by atoms with E-state index in [9.17, 15) is 10.1 Å². The van der Waals surface area contributed by atoms with E-state index in [2.05, 4.69) is 25.7 Å². The molecule has 0 saturated carbocycles. The Balaban J connectivity index is 1.23. The van der Waals surface area contributed by atoms with Crippen molar-refractivity contribution >= 4 is 30.0 Å². The van der Waals surface area contributed by atoms with E-state index in [-0.39, 0.29) is 12.0 Å². The molecule has 6 heterocycles. The van der Waals surface area contributed by atoms with Crippen LogP contribution in [0.3, 0.4) is 0 Å². The summed E-state index contributed by atoms with van der Waals surface area (Å²) < 4.78 is 11.5. The standard InChI is InChI=1S/C30H34BN7O4/c1-29(2)22-16-20(8-9-23(22)31(40)42-29)33-28-32-17-21(25(35-28)34-24(18-39)19-6-4-3-5-7-19)26-36-27(37-41-26)30-10-13-38(14-11-30)15-12-30/h3-9,16-17,24,39-40H,10-15,18H2,1-2H3,(H2,32,33,34,35)/t24-/m1/s1. The van der Waals surface area contributed by atoms with Crippen molar-refractivity contribution in [2.45, 2.75) is 50.2 Å². The number of fused-ring (bicyclic) bond motifs is 4. The first-order chi connectivity index (χ1) is 20.3. The fraction of sp³-hybridized carbons (Fsp3) is 0.400. The van der Waals surface area contributed by atoms with Crippen LogP contribution in [0.2, 0.25) is 0 Å². The van der Waals surface area contributed by atoms with Crippen LogP contribution in [0.5, 0.6) is 0 Å². The number of nitrogens with one attached hydrogen (secondary N) is 2. The van der Waals surface area contributed by atoms with Gasteiger partial charge in [0.2, 0.25) is 5.95 Å².